The van der Waals surface area contributed by atoms with Crippen molar-refractivity contribution in [2.45, 2.75) is 32.9 Å². The minimum atomic E-state index is -0.882. The van der Waals surface area contributed by atoms with E-state index in [1.807, 2.05) is 24.8 Å². The summed E-state index contributed by atoms with van der Waals surface area (Å²) in [7, 11) is 0. The van der Waals surface area contributed by atoms with Crippen LogP contribution in [0.5, 0.6) is 0 Å². The number of fused-ring (bicyclic) bond motifs is 1. The summed E-state index contributed by atoms with van der Waals surface area (Å²) in [5, 5.41) is 12.0. The highest BCUT2D eigenvalue weighted by molar-refractivity contribution is 5.90. The van der Waals surface area contributed by atoms with Crippen molar-refractivity contribution in [1.82, 2.24) is 10.2 Å². The second-order valence-corrected chi connectivity index (χ2v) is 5.43. The van der Waals surface area contributed by atoms with Crippen LogP contribution in [0.4, 0.5) is 0 Å². The molecule has 0 unspecified atom stereocenters. The average Bonchev–Trinajstić information content (AvgIpc) is 2.36. The third kappa shape index (κ3) is 3.36. The molecule has 1 heterocycles. The number of carbonyl (C=O) groups is 2. The van der Waals surface area contributed by atoms with Gasteiger partial charge < -0.3 is 10.4 Å². The van der Waals surface area contributed by atoms with E-state index >= 15 is 0 Å². The van der Waals surface area contributed by atoms with Crippen LogP contribution in [0.25, 0.3) is 0 Å². The molecule has 108 valence electrons. The number of carbonyl (C=O) groups excluding carboxylic acids is 1. The molecule has 5 heteroatoms. The number of nitrogens with one attached hydrogen (secondary N) is 1. The summed E-state index contributed by atoms with van der Waals surface area (Å²) in [5.41, 5.74) is 2.29. The molecule has 0 radical (unpaired) electrons. The summed E-state index contributed by atoms with van der Waals surface area (Å²) in [5.74, 6) is -0.870. The SMILES string of the molecule is CC(C)NC(=O)CN1CCc2c(cccc2C(=O)O)C1. The van der Waals surface area contributed by atoms with Crippen molar-refractivity contribution in [3.05, 3.63) is 34.9 Å². The van der Waals surface area contributed by atoms with Gasteiger partial charge in [-0.25, -0.2) is 4.79 Å². The van der Waals surface area contributed by atoms with E-state index in [0.717, 1.165) is 11.1 Å². The Labute approximate surface area is 118 Å². The lowest BCUT2D eigenvalue weighted by Crippen LogP contribution is -2.42. The summed E-state index contributed by atoms with van der Waals surface area (Å²) in [6, 6.07) is 5.48. The van der Waals surface area contributed by atoms with Crippen LogP contribution in [-0.4, -0.2) is 41.0 Å². The smallest absolute Gasteiger partial charge is 0.335 e. The van der Waals surface area contributed by atoms with Gasteiger partial charge in [-0.1, -0.05) is 12.1 Å². The Bertz CT molecular complexity index is 526. The average molecular weight is 276 g/mol. The Kier molecular flexibility index (Phi) is 4.39. The van der Waals surface area contributed by atoms with Crippen LogP contribution in [0.1, 0.15) is 35.3 Å². The molecule has 2 N–H and O–H groups in total. The molecule has 0 aliphatic carbocycles. The number of amides is 1. The number of hydrogen-bond acceptors (Lipinski definition) is 3. The Hall–Kier alpha value is -1.88. The first-order valence-electron chi connectivity index (χ1n) is 6.83. The normalized spacial score (nSPS) is 14.9. The highest BCUT2D eigenvalue weighted by Crippen LogP contribution is 2.22. The highest BCUT2D eigenvalue weighted by Gasteiger charge is 2.22. The van der Waals surface area contributed by atoms with Gasteiger partial charge in [0.25, 0.3) is 0 Å². The molecule has 1 aromatic carbocycles. The van der Waals surface area contributed by atoms with E-state index in [-0.39, 0.29) is 11.9 Å². The Morgan fingerprint density at radius 1 is 1.40 bits per heavy atom. The Morgan fingerprint density at radius 3 is 2.80 bits per heavy atom. The molecule has 0 aromatic heterocycles. The van der Waals surface area contributed by atoms with Gasteiger partial charge in [0.15, 0.2) is 0 Å². The number of rotatable bonds is 4. The van der Waals surface area contributed by atoms with Gasteiger partial charge in [0.2, 0.25) is 5.91 Å². The molecule has 0 bridgehead atoms. The van der Waals surface area contributed by atoms with Gasteiger partial charge in [-0.3, -0.25) is 9.69 Å². The number of carboxylic acids is 1. The van der Waals surface area contributed by atoms with E-state index in [0.29, 0.717) is 31.6 Å². The van der Waals surface area contributed by atoms with Crippen LogP contribution in [0.3, 0.4) is 0 Å². The molecule has 0 spiro atoms. The molecular weight excluding hydrogens is 256 g/mol. The first kappa shape index (κ1) is 14.5. The third-order valence-electron chi connectivity index (χ3n) is 3.39. The quantitative estimate of drug-likeness (QED) is 0.869. The van der Waals surface area contributed by atoms with Gasteiger partial charge >= 0.3 is 5.97 Å². The van der Waals surface area contributed by atoms with E-state index in [9.17, 15) is 14.7 Å². The molecule has 1 aliphatic heterocycles. The molecule has 0 fully saturated rings. The number of aromatic carboxylic acids is 1. The van der Waals surface area contributed by atoms with Gasteiger partial charge in [0, 0.05) is 19.1 Å². The minimum Gasteiger partial charge on any atom is -0.478 e. The highest BCUT2D eigenvalue weighted by atomic mass is 16.4. The van der Waals surface area contributed by atoms with E-state index in [1.54, 1.807) is 12.1 Å². The lowest BCUT2D eigenvalue weighted by atomic mass is 9.94. The summed E-state index contributed by atoms with van der Waals surface area (Å²) < 4.78 is 0. The van der Waals surface area contributed by atoms with E-state index in [4.69, 9.17) is 0 Å². The van der Waals surface area contributed by atoms with E-state index < -0.39 is 5.97 Å². The standard InChI is InChI=1S/C15H20N2O3/c1-10(2)16-14(18)9-17-7-6-12-11(8-17)4-3-5-13(12)15(19)20/h3-5,10H,6-9H2,1-2H3,(H,16,18)(H,19,20). The number of benzene rings is 1. The first-order chi connectivity index (χ1) is 9.47. The molecule has 2 rings (SSSR count). The van der Waals surface area contributed by atoms with Crippen molar-refractivity contribution in [3.8, 4) is 0 Å². The molecule has 20 heavy (non-hydrogen) atoms. The van der Waals surface area contributed by atoms with Crippen molar-refractivity contribution in [3.63, 3.8) is 0 Å². The van der Waals surface area contributed by atoms with E-state index in [2.05, 4.69) is 5.32 Å². The predicted molar refractivity (Wildman–Crippen MR) is 75.7 cm³/mol. The zero-order chi connectivity index (χ0) is 14.7. The molecule has 1 aliphatic rings. The summed E-state index contributed by atoms with van der Waals surface area (Å²) in [6.45, 7) is 5.56. The number of hydrogen-bond donors (Lipinski definition) is 2. The monoisotopic (exact) mass is 276 g/mol. The molecule has 0 atom stereocenters. The van der Waals surface area contributed by atoms with Gasteiger partial charge in [0.05, 0.1) is 12.1 Å². The molecular formula is C15H20N2O3. The third-order valence-corrected chi connectivity index (χ3v) is 3.39. The van der Waals surface area contributed by atoms with Crippen LogP contribution in [0, 0.1) is 0 Å². The second-order valence-electron chi connectivity index (χ2n) is 5.43. The van der Waals surface area contributed by atoms with Gasteiger partial charge in [-0.2, -0.15) is 0 Å². The zero-order valence-corrected chi connectivity index (χ0v) is 11.8. The van der Waals surface area contributed by atoms with Gasteiger partial charge in [0.1, 0.15) is 0 Å². The minimum absolute atomic E-state index is 0.0119. The van der Waals surface area contributed by atoms with Crippen LogP contribution < -0.4 is 5.32 Å². The lowest BCUT2D eigenvalue weighted by Gasteiger charge is -2.29. The van der Waals surface area contributed by atoms with Crippen molar-refractivity contribution in [2.75, 3.05) is 13.1 Å². The first-order valence-corrected chi connectivity index (χ1v) is 6.83. The summed E-state index contributed by atoms with van der Waals surface area (Å²) in [4.78, 5) is 25.0. The maximum atomic E-state index is 11.8. The Balaban J connectivity index is 2.06. The Morgan fingerprint density at radius 2 is 2.15 bits per heavy atom. The molecule has 0 saturated carbocycles. The topological polar surface area (TPSA) is 69.6 Å². The summed E-state index contributed by atoms with van der Waals surface area (Å²) in [6.07, 6.45) is 0.673. The second kappa shape index (κ2) is 6.05. The molecule has 1 amide bonds. The van der Waals surface area contributed by atoms with E-state index in [1.165, 1.54) is 0 Å². The van der Waals surface area contributed by atoms with Crippen LogP contribution in [0.2, 0.25) is 0 Å². The fourth-order valence-electron chi connectivity index (χ4n) is 2.57. The van der Waals surface area contributed by atoms with Crippen molar-refractivity contribution < 1.29 is 14.7 Å². The fourth-order valence-corrected chi connectivity index (χ4v) is 2.57. The van der Waals surface area contributed by atoms with Crippen LogP contribution in [0.15, 0.2) is 18.2 Å². The fraction of sp³-hybridized carbons (Fsp3) is 0.467. The van der Waals surface area contributed by atoms with Gasteiger partial charge in [-0.15, -0.1) is 0 Å². The lowest BCUT2D eigenvalue weighted by molar-refractivity contribution is -0.122. The van der Waals surface area contributed by atoms with Crippen molar-refractivity contribution in [1.29, 1.82) is 0 Å². The van der Waals surface area contributed by atoms with Crippen LogP contribution in [-0.2, 0) is 17.8 Å². The largest absolute Gasteiger partial charge is 0.478 e. The number of nitrogens with zero attached hydrogens (tertiary/aromatic N) is 1. The molecule has 0 saturated heterocycles. The van der Waals surface area contributed by atoms with Gasteiger partial charge in [-0.05, 0) is 37.5 Å². The summed E-state index contributed by atoms with van der Waals surface area (Å²) >= 11 is 0. The number of carboxylic acid groups (broad SMARTS) is 1. The predicted octanol–water partition coefficient (Wildman–Crippen LogP) is 1.27. The zero-order valence-electron chi connectivity index (χ0n) is 11.8. The van der Waals surface area contributed by atoms with Crippen molar-refractivity contribution in [2.24, 2.45) is 0 Å². The molecule has 1 aromatic rings. The molecule has 5 nitrogen and oxygen atoms in total. The maximum Gasteiger partial charge on any atom is 0.335 e. The van der Waals surface area contributed by atoms with Crippen LogP contribution >= 0.6 is 0 Å². The maximum absolute atomic E-state index is 11.8. The van der Waals surface area contributed by atoms with Crippen molar-refractivity contribution >= 4 is 11.9 Å².